The van der Waals surface area contributed by atoms with Gasteiger partial charge in [0, 0.05) is 42.1 Å². The van der Waals surface area contributed by atoms with Crippen molar-refractivity contribution in [3.8, 4) is 28.4 Å². The maximum absolute atomic E-state index is 13.8. The number of amides is 1. The number of aromatic nitrogens is 5. The number of carbonyl (C=O) groups is 1. The molecule has 0 radical (unpaired) electrons. The van der Waals surface area contributed by atoms with Gasteiger partial charge in [0.25, 0.3) is 5.91 Å². The van der Waals surface area contributed by atoms with Crippen LogP contribution in [-0.4, -0.2) is 55.7 Å². The van der Waals surface area contributed by atoms with E-state index >= 15 is 0 Å². The minimum Gasteiger partial charge on any atom is -0.494 e. The molecule has 40 heavy (non-hydrogen) atoms. The Kier molecular flexibility index (Phi) is 7.99. The minimum absolute atomic E-state index is 0.130. The number of benzene rings is 1. The van der Waals surface area contributed by atoms with Crippen LogP contribution in [0, 0.1) is 0 Å². The molecule has 0 saturated heterocycles. The fourth-order valence-corrected chi connectivity index (χ4v) is 4.80. The Morgan fingerprint density at radius 2 is 1.77 bits per heavy atom. The number of hydrogen-bond acceptors (Lipinski definition) is 9. The molecular formula is C29H31N7O4. The molecule has 0 spiro atoms. The van der Waals surface area contributed by atoms with Gasteiger partial charge in [-0.2, -0.15) is 0 Å². The molecular weight excluding hydrogens is 510 g/mol. The summed E-state index contributed by atoms with van der Waals surface area (Å²) in [6.45, 7) is 5.02. The Bertz CT molecular complexity index is 1540. The van der Waals surface area contributed by atoms with E-state index < -0.39 is 5.76 Å². The van der Waals surface area contributed by atoms with E-state index in [1.807, 2.05) is 42.6 Å². The Hall–Kier alpha value is -4.80. The Labute approximate surface area is 231 Å². The summed E-state index contributed by atoms with van der Waals surface area (Å²) >= 11 is 0. The van der Waals surface area contributed by atoms with Crippen molar-refractivity contribution in [2.24, 2.45) is 0 Å². The summed E-state index contributed by atoms with van der Waals surface area (Å²) in [4.78, 5) is 45.3. The zero-order chi connectivity index (χ0) is 28.1. The van der Waals surface area contributed by atoms with Gasteiger partial charge in [0.1, 0.15) is 6.17 Å². The number of nitrogens with one attached hydrogen (secondary N) is 1. The number of ether oxygens (including phenoxy) is 1. The van der Waals surface area contributed by atoms with Gasteiger partial charge in [-0.3, -0.25) is 24.2 Å². The van der Waals surface area contributed by atoms with Crippen LogP contribution in [0.1, 0.15) is 38.7 Å². The van der Waals surface area contributed by atoms with Crippen molar-refractivity contribution in [1.29, 1.82) is 0 Å². The molecule has 1 atom stereocenters. The molecule has 1 N–H and O–H groups in total. The smallest absolute Gasteiger partial charge is 0.439 e. The highest BCUT2D eigenvalue weighted by molar-refractivity contribution is 6.06. The SMILES string of the molecule is CCCCN1C=C(Cc2ccc(-c3ccccc3-c3noc(=O)[nH]3)nc2)C(=O)N(c2ncc(OC)cn2)C1CC. The lowest BCUT2D eigenvalue weighted by Crippen LogP contribution is -2.54. The van der Waals surface area contributed by atoms with Crippen molar-refractivity contribution in [2.45, 2.75) is 45.7 Å². The monoisotopic (exact) mass is 541 g/mol. The molecule has 1 aliphatic heterocycles. The average Bonchev–Trinajstić information content (AvgIpc) is 3.43. The lowest BCUT2D eigenvalue weighted by Gasteiger charge is -2.42. The van der Waals surface area contributed by atoms with Gasteiger partial charge in [-0.25, -0.2) is 14.8 Å². The number of pyridine rings is 1. The van der Waals surface area contributed by atoms with Crippen molar-refractivity contribution in [1.82, 2.24) is 30.0 Å². The quantitative estimate of drug-likeness (QED) is 0.314. The average molecular weight is 542 g/mol. The fourth-order valence-electron chi connectivity index (χ4n) is 4.80. The molecule has 0 aliphatic carbocycles. The number of hydrogen-bond donors (Lipinski definition) is 1. The third kappa shape index (κ3) is 5.49. The van der Waals surface area contributed by atoms with Gasteiger partial charge in [0.2, 0.25) is 5.95 Å². The van der Waals surface area contributed by atoms with Gasteiger partial charge in [-0.1, -0.05) is 55.8 Å². The topological polar surface area (TPSA) is 130 Å². The highest BCUT2D eigenvalue weighted by Gasteiger charge is 2.36. The first-order valence-corrected chi connectivity index (χ1v) is 13.3. The van der Waals surface area contributed by atoms with Crippen LogP contribution in [0.15, 0.2) is 76.1 Å². The number of aromatic amines is 1. The molecule has 0 bridgehead atoms. The van der Waals surface area contributed by atoms with Crippen molar-refractivity contribution < 1.29 is 14.1 Å². The molecule has 1 amide bonds. The number of anilines is 1. The standard InChI is InChI=1S/C29H31N7O4/c1-4-6-13-35-18-20(27(37)36(25(35)5-2)28-31-16-21(39-3)17-32-28)14-19-11-12-24(30-15-19)22-9-7-8-10-23(22)26-33-29(38)40-34-26/h7-12,15-18,25H,4-6,13-14H2,1-3H3,(H,33,34,38). The first-order valence-electron chi connectivity index (χ1n) is 13.3. The summed E-state index contributed by atoms with van der Waals surface area (Å²) < 4.78 is 9.89. The summed E-state index contributed by atoms with van der Waals surface area (Å²) in [5.74, 6) is 0.464. The van der Waals surface area contributed by atoms with Crippen molar-refractivity contribution in [3.63, 3.8) is 0 Å². The zero-order valence-electron chi connectivity index (χ0n) is 22.7. The summed E-state index contributed by atoms with van der Waals surface area (Å²) in [5, 5.41) is 3.82. The number of H-pyrrole nitrogens is 1. The van der Waals surface area contributed by atoms with Crippen molar-refractivity contribution in [2.75, 3.05) is 18.6 Å². The second-order valence-corrected chi connectivity index (χ2v) is 9.45. The van der Waals surface area contributed by atoms with Crippen LogP contribution in [-0.2, 0) is 11.2 Å². The molecule has 4 heterocycles. The van der Waals surface area contributed by atoms with Crippen LogP contribution in [0.2, 0.25) is 0 Å². The van der Waals surface area contributed by atoms with Crippen LogP contribution in [0.3, 0.4) is 0 Å². The summed E-state index contributed by atoms with van der Waals surface area (Å²) in [6, 6.07) is 11.3. The van der Waals surface area contributed by atoms with E-state index in [4.69, 9.17) is 4.74 Å². The first kappa shape index (κ1) is 26.8. The molecule has 5 rings (SSSR count). The highest BCUT2D eigenvalue weighted by Crippen LogP contribution is 2.30. The summed E-state index contributed by atoms with van der Waals surface area (Å²) in [6.07, 6.45) is 9.88. The number of unbranched alkanes of at least 4 members (excludes halogenated alkanes) is 1. The van der Waals surface area contributed by atoms with Crippen LogP contribution in [0.25, 0.3) is 22.6 Å². The van der Waals surface area contributed by atoms with E-state index in [9.17, 15) is 9.59 Å². The maximum Gasteiger partial charge on any atom is 0.439 e. The van der Waals surface area contributed by atoms with Gasteiger partial charge in [0.15, 0.2) is 11.6 Å². The molecule has 11 heteroatoms. The van der Waals surface area contributed by atoms with Crippen molar-refractivity contribution >= 4 is 11.9 Å². The Balaban J connectivity index is 1.43. The van der Waals surface area contributed by atoms with Gasteiger partial charge in [-0.15, -0.1) is 0 Å². The van der Waals surface area contributed by atoms with Crippen molar-refractivity contribution in [3.05, 3.63) is 82.9 Å². The number of carbonyl (C=O) groups excluding carboxylic acids is 1. The second kappa shape index (κ2) is 11.9. The van der Waals surface area contributed by atoms with E-state index in [0.29, 0.717) is 40.8 Å². The number of rotatable bonds is 10. The molecule has 206 valence electrons. The third-order valence-electron chi connectivity index (χ3n) is 6.81. The highest BCUT2D eigenvalue weighted by atomic mass is 16.5. The molecule has 1 aliphatic rings. The lowest BCUT2D eigenvalue weighted by molar-refractivity contribution is -0.117. The molecule has 11 nitrogen and oxygen atoms in total. The molecule has 1 aromatic carbocycles. The molecule has 3 aromatic heterocycles. The number of nitrogens with zero attached hydrogens (tertiary/aromatic N) is 6. The van der Waals surface area contributed by atoms with E-state index in [1.165, 1.54) is 0 Å². The second-order valence-electron chi connectivity index (χ2n) is 9.45. The maximum atomic E-state index is 13.8. The lowest BCUT2D eigenvalue weighted by atomic mass is 10.0. The number of methoxy groups -OCH3 is 1. The predicted molar refractivity (Wildman–Crippen MR) is 149 cm³/mol. The summed E-state index contributed by atoms with van der Waals surface area (Å²) in [5.41, 5.74) is 3.72. The van der Waals surface area contributed by atoms with Crippen LogP contribution in [0.4, 0.5) is 5.95 Å². The molecule has 0 fully saturated rings. The van der Waals surface area contributed by atoms with E-state index in [2.05, 4.69) is 48.4 Å². The Morgan fingerprint density at radius 1 is 1.00 bits per heavy atom. The van der Waals surface area contributed by atoms with Gasteiger partial charge < -0.3 is 9.64 Å². The first-order chi connectivity index (χ1) is 19.5. The van der Waals surface area contributed by atoms with Gasteiger partial charge in [-0.05, 0) is 24.5 Å². The van der Waals surface area contributed by atoms with E-state index in [0.717, 1.165) is 36.9 Å². The minimum atomic E-state index is -0.620. The third-order valence-corrected chi connectivity index (χ3v) is 6.81. The normalized spacial score (nSPS) is 15.3. The zero-order valence-corrected chi connectivity index (χ0v) is 22.7. The van der Waals surface area contributed by atoms with Crippen LogP contribution in [0.5, 0.6) is 5.75 Å². The van der Waals surface area contributed by atoms with E-state index in [1.54, 1.807) is 30.6 Å². The molecule has 0 saturated carbocycles. The van der Waals surface area contributed by atoms with Crippen LogP contribution >= 0.6 is 0 Å². The molecule has 1 unspecified atom stereocenters. The van der Waals surface area contributed by atoms with Crippen LogP contribution < -0.4 is 15.4 Å². The summed E-state index contributed by atoms with van der Waals surface area (Å²) in [7, 11) is 1.56. The molecule has 4 aromatic rings. The Morgan fingerprint density at radius 3 is 2.40 bits per heavy atom. The predicted octanol–water partition coefficient (Wildman–Crippen LogP) is 4.20. The van der Waals surface area contributed by atoms with E-state index in [-0.39, 0.29) is 12.1 Å². The van der Waals surface area contributed by atoms with Gasteiger partial charge >= 0.3 is 5.76 Å². The van der Waals surface area contributed by atoms with Gasteiger partial charge in [0.05, 0.1) is 25.2 Å². The largest absolute Gasteiger partial charge is 0.494 e. The fraction of sp³-hybridized carbons (Fsp3) is 0.310.